The smallest absolute Gasteiger partial charge is 0.171 e. The lowest BCUT2D eigenvalue weighted by molar-refractivity contribution is -0.0344. The van der Waals surface area contributed by atoms with E-state index in [-0.39, 0.29) is 6.61 Å². The van der Waals surface area contributed by atoms with Gasteiger partial charge in [-0.2, -0.15) is 0 Å². The zero-order valence-electron chi connectivity index (χ0n) is 11.2. The lowest BCUT2D eigenvalue weighted by Crippen LogP contribution is -2.38. The molecular weight excluding hydrogens is 244 g/mol. The first-order chi connectivity index (χ1) is 9.18. The Balaban J connectivity index is 2.11. The molecule has 0 aromatic heterocycles. The predicted molar refractivity (Wildman–Crippen MR) is 71.9 cm³/mol. The van der Waals surface area contributed by atoms with E-state index in [1.165, 1.54) is 7.11 Å². The van der Waals surface area contributed by atoms with Gasteiger partial charge < -0.3 is 14.6 Å². The number of hydrogen-bond donors (Lipinski definition) is 1. The van der Waals surface area contributed by atoms with E-state index in [9.17, 15) is 9.90 Å². The van der Waals surface area contributed by atoms with Crippen LogP contribution in [0.15, 0.2) is 18.2 Å². The van der Waals surface area contributed by atoms with Gasteiger partial charge in [0.1, 0.15) is 6.61 Å². The molecule has 0 atom stereocenters. The Kier molecular flexibility index (Phi) is 4.43. The van der Waals surface area contributed by atoms with E-state index in [1.807, 2.05) is 0 Å². The number of ether oxygens (including phenoxy) is 2. The molecule has 1 aromatic carbocycles. The first kappa shape index (κ1) is 13.9. The summed E-state index contributed by atoms with van der Waals surface area (Å²) in [5.74, 6) is 0.933. The molecule has 0 radical (unpaired) electrons. The maximum atomic E-state index is 11.0. The molecule has 0 amide bonds. The molecule has 1 saturated carbocycles. The highest BCUT2D eigenvalue weighted by Crippen LogP contribution is 2.33. The van der Waals surface area contributed by atoms with Gasteiger partial charge in [-0.3, -0.25) is 4.79 Å². The SMILES string of the molecule is COc1cccc(C=O)c1OCC1(O)CCCCC1. The highest BCUT2D eigenvalue weighted by molar-refractivity contribution is 5.81. The fourth-order valence-corrected chi connectivity index (χ4v) is 2.50. The second-order valence-corrected chi connectivity index (χ2v) is 5.07. The molecule has 1 N–H and O–H groups in total. The maximum Gasteiger partial charge on any atom is 0.171 e. The largest absolute Gasteiger partial charge is 0.493 e. The zero-order chi connectivity index (χ0) is 13.7. The van der Waals surface area contributed by atoms with E-state index in [4.69, 9.17) is 9.47 Å². The molecule has 0 spiro atoms. The Morgan fingerprint density at radius 2 is 2.05 bits per heavy atom. The summed E-state index contributed by atoms with van der Waals surface area (Å²) in [7, 11) is 1.53. The fraction of sp³-hybridized carbons (Fsp3) is 0.533. The summed E-state index contributed by atoms with van der Waals surface area (Å²) in [6.07, 6.45) is 5.44. The maximum absolute atomic E-state index is 11.0. The number of benzene rings is 1. The summed E-state index contributed by atoms with van der Waals surface area (Å²) < 4.78 is 10.9. The van der Waals surface area contributed by atoms with Gasteiger partial charge in [0.15, 0.2) is 17.8 Å². The average Bonchev–Trinajstić information content (AvgIpc) is 2.45. The Morgan fingerprint density at radius 1 is 1.32 bits per heavy atom. The lowest BCUT2D eigenvalue weighted by atomic mass is 9.85. The Morgan fingerprint density at radius 3 is 2.68 bits per heavy atom. The van der Waals surface area contributed by atoms with Crippen molar-refractivity contribution in [2.24, 2.45) is 0 Å². The quantitative estimate of drug-likeness (QED) is 0.830. The highest BCUT2D eigenvalue weighted by Gasteiger charge is 2.30. The van der Waals surface area contributed by atoms with Crippen molar-refractivity contribution >= 4 is 6.29 Å². The molecule has 19 heavy (non-hydrogen) atoms. The fourth-order valence-electron chi connectivity index (χ4n) is 2.50. The molecular formula is C15H20O4. The average molecular weight is 264 g/mol. The van der Waals surface area contributed by atoms with Crippen molar-refractivity contribution < 1.29 is 19.4 Å². The first-order valence-electron chi connectivity index (χ1n) is 6.66. The number of carbonyl (C=O) groups excluding carboxylic acids is 1. The molecule has 0 aliphatic heterocycles. The van der Waals surface area contributed by atoms with Gasteiger partial charge in [0.25, 0.3) is 0 Å². The third-order valence-corrected chi connectivity index (χ3v) is 3.63. The first-order valence-corrected chi connectivity index (χ1v) is 6.66. The number of para-hydroxylation sites is 1. The second-order valence-electron chi connectivity index (χ2n) is 5.07. The minimum atomic E-state index is -0.779. The van der Waals surface area contributed by atoms with E-state index in [1.54, 1.807) is 18.2 Å². The Labute approximate surface area is 113 Å². The molecule has 0 unspecified atom stereocenters. The van der Waals surface area contributed by atoms with E-state index in [0.717, 1.165) is 38.4 Å². The third-order valence-electron chi connectivity index (χ3n) is 3.63. The van der Waals surface area contributed by atoms with Crippen LogP contribution in [-0.4, -0.2) is 30.7 Å². The summed E-state index contributed by atoms with van der Waals surface area (Å²) in [4.78, 5) is 11.0. The van der Waals surface area contributed by atoms with Gasteiger partial charge >= 0.3 is 0 Å². The van der Waals surface area contributed by atoms with Gasteiger partial charge in [-0.15, -0.1) is 0 Å². The van der Waals surface area contributed by atoms with Crippen LogP contribution in [0.3, 0.4) is 0 Å². The summed E-state index contributed by atoms with van der Waals surface area (Å²) in [5, 5.41) is 10.4. The summed E-state index contributed by atoms with van der Waals surface area (Å²) in [6, 6.07) is 5.16. The van der Waals surface area contributed by atoms with Crippen LogP contribution in [-0.2, 0) is 0 Å². The van der Waals surface area contributed by atoms with Crippen LogP contribution in [0.5, 0.6) is 11.5 Å². The van der Waals surface area contributed by atoms with Crippen molar-refractivity contribution in [2.75, 3.05) is 13.7 Å². The molecule has 104 valence electrons. The number of hydrogen-bond acceptors (Lipinski definition) is 4. The highest BCUT2D eigenvalue weighted by atomic mass is 16.5. The van der Waals surface area contributed by atoms with E-state index >= 15 is 0 Å². The minimum absolute atomic E-state index is 0.203. The number of rotatable bonds is 5. The predicted octanol–water partition coefficient (Wildman–Crippen LogP) is 2.58. The van der Waals surface area contributed by atoms with Crippen LogP contribution in [0, 0.1) is 0 Å². The molecule has 1 fully saturated rings. The van der Waals surface area contributed by atoms with Crippen LogP contribution in [0.4, 0.5) is 0 Å². The van der Waals surface area contributed by atoms with E-state index in [2.05, 4.69) is 0 Å². The van der Waals surface area contributed by atoms with Crippen LogP contribution >= 0.6 is 0 Å². The number of aliphatic hydroxyl groups is 1. The number of aldehydes is 1. The third kappa shape index (κ3) is 3.26. The van der Waals surface area contributed by atoms with Gasteiger partial charge in [0, 0.05) is 0 Å². The number of methoxy groups -OCH3 is 1. The Bertz CT molecular complexity index is 436. The van der Waals surface area contributed by atoms with Gasteiger partial charge in [-0.1, -0.05) is 25.3 Å². The summed E-state index contributed by atoms with van der Waals surface area (Å²) in [6.45, 7) is 0.203. The Hall–Kier alpha value is -1.55. The van der Waals surface area contributed by atoms with Crippen molar-refractivity contribution in [3.05, 3.63) is 23.8 Å². The lowest BCUT2D eigenvalue weighted by Gasteiger charge is -2.32. The van der Waals surface area contributed by atoms with E-state index in [0.29, 0.717) is 17.1 Å². The zero-order valence-corrected chi connectivity index (χ0v) is 11.2. The van der Waals surface area contributed by atoms with Crippen molar-refractivity contribution in [1.29, 1.82) is 0 Å². The topological polar surface area (TPSA) is 55.8 Å². The van der Waals surface area contributed by atoms with Gasteiger partial charge in [0.05, 0.1) is 18.3 Å². The molecule has 4 nitrogen and oxygen atoms in total. The molecule has 4 heteroatoms. The van der Waals surface area contributed by atoms with Gasteiger partial charge in [-0.05, 0) is 25.0 Å². The van der Waals surface area contributed by atoms with Gasteiger partial charge in [0.2, 0.25) is 0 Å². The standard InChI is InChI=1S/C15H20O4/c1-18-13-7-5-6-12(10-16)14(13)19-11-15(17)8-3-2-4-9-15/h5-7,10,17H,2-4,8-9,11H2,1H3. The summed E-state index contributed by atoms with van der Waals surface area (Å²) in [5.41, 5.74) is -0.335. The molecule has 2 rings (SSSR count). The van der Waals surface area contributed by atoms with Crippen molar-refractivity contribution in [2.45, 2.75) is 37.7 Å². The van der Waals surface area contributed by atoms with E-state index < -0.39 is 5.60 Å². The van der Waals surface area contributed by atoms with Crippen LogP contribution in [0.1, 0.15) is 42.5 Å². The van der Waals surface area contributed by atoms with Gasteiger partial charge in [-0.25, -0.2) is 0 Å². The molecule has 1 aliphatic rings. The molecule has 0 heterocycles. The van der Waals surface area contributed by atoms with Crippen LogP contribution < -0.4 is 9.47 Å². The molecule has 0 bridgehead atoms. The normalized spacial score (nSPS) is 17.8. The minimum Gasteiger partial charge on any atom is -0.493 e. The second kappa shape index (κ2) is 6.06. The van der Waals surface area contributed by atoms with Crippen LogP contribution in [0.25, 0.3) is 0 Å². The number of carbonyl (C=O) groups is 1. The molecule has 0 saturated heterocycles. The molecule has 1 aromatic rings. The molecule has 1 aliphatic carbocycles. The summed E-state index contributed by atoms with van der Waals surface area (Å²) >= 11 is 0. The monoisotopic (exact) mass is 264 g/mol. The van der Waals surface area contributed by atoms with Crippen LogP contribution in [0.2, 0.25) is 0 Å². The van der Waals surface area contributed by atoms with Crippen molar-refractivity contribution in [3.63, 3.8) is 0 Å². The van der Waals surface area contributed by atoms with Crippen molar-refractivity contribution in [3.8, 4) is 11.5 Å². The van der Waals surface area contributed by atoms with Crippen molar-refractivity contribution in [1.82, 2.24) is 0 Å².